The SMILES string of the molecule is CCCCOC(=O)CC1C(=O)NCCN1CC(=O)N1CCCc2ccccc21. The fourth-order valence-electron chi connectivity index (χ4n) is 3.77. The maximum Gasteiger partial charge on any atom is 0.307 e. The van der Waals surface area contributed by atoms with Gasteiger partial charge >= 0.3 is 5.97 Å². The van der Waals surface area contributed by atoms with Crippen LogP contribution in [0.3, 0.4) is 0 Å². The molecule has 7 heteroatoms. The van der Waals surface area contributed by atoms with Crippen LogP contribution in [0, 0.1) is 0 Å². The number of nitrogens with zero attached hydrogens (tertiary/aromatic N) is 2. The molecule has 0 saturated carbocycles. The van der Waals surface area contributed by atoms with Crippen LogP contribution in [0.15, 0.2) is 24.3 Å². The Balaban J connectivity index is 1.65. The number of aryl methyl sites for hydroxylation is 1. The molecule has 7 nitrogen and oxygen atoms in total. The van der Waals surface area contributed by atoms with Crippen LogP contribution in [-0.4, -0.2) is 61.5 Å². The van der Waals surface area contributed by atoms with Crippen molar-refractivity contribution in [1.29, 1.82) is 0 Å². The van der Waals surface area contributed by atoms with Gasteiger partial charge in [-0.3, -0.25) is 19.3 Å². The number of hydrogen-bond donors (Lipinski definition) is 1. The molecular formula is C21H29N3O4. The number of fused-ring (bicyclic) bond motifs is 1. The number of esters is 1. The van der Waals surface area contributed by atoms with Gasteiger partial charge < -0.3 is 15.0 Å². The number of rotatable bonds is 7. The Hall–Kier alpha value is -2.41. The van der Waals surface area contributed by atoms with Gasteiger partial charge in [-0.15, -0.1) is 0 Å². The van der Waals surface area contributed by atoms with Crippen LogP contribution in [0.25, 0.3) is 0 Å². The quantitative estimate of drug-likeness (QED) is 0.567. The Morgan fingerprint density at radius 3 is 2.89 bits per heavy atom. The molecule has 1 aromatic carbocycles. The van der Waals surface area contributed by atoms with Crippen molar-refractivity contribution in [3.8, 4) is 0 Å². The smallest absolute Gasteiger partial charge is 0.307 e. The van der Waals surface area contributed by atoms with E-state index in [4.69, 9.17) is 4.74 Å². The van der Waals surface area contributed by atoms with Crippen LogP contribution in [0.1, 0.15) is 38.2 Å². The Morgan fingerprint density at radius 2 is 2.07 bits per heavy atom. The number of piperazine rings is 1. The average molecular weight is 387 g/mol. The Kier molecular flexibility index (Phi) is 7.03. The molecule has 2 heterocycles. The molecular weight excluding hydrogens is 358 g/mol. The molecule has 1 unspecified atom stereocenters. The van der Waals surface area contributed by atoms with Crippen molar-refractivity contribution in [1.82, 2.24) is 10.2 Å². The molecule has 1 N–H and O–H groups in total. The lowest BCUT2D eigenvalue weighted by Gasteiger charge is -2.36. The van der Waals surface area contributed by atoms with Gasteiger partial charge in [-0.05, 0) is 30.9 Å². The highest BCUT2D eigenvalue weighted by Crippen LogP contribution is 2.27. The van der Waals surface area contributed by atoms with Crippen molar-refractivity contribution in [2.45, 2.75) is 45.1 Å². The molecule has 0 bridgehead atoms. The summed E-state index contributed by atoms with van der Waals surface area (Å²) < 4.78 is 5.21. The van der Waals surface area contributed by atoms with Crippen LogP contribution in [0.2, 0.25) is 0 Å². The summed E-state index contributed by atoms with van der Waals surface area (Å²) in [4.78, 5) is 41.1. The Bertz CT molecular complexity index is 721. The van der Waals surface area contributed by atoms with E-state index in [1.54, 1.807) is 4.90 Å². The molecule has 0 spiro atoms. The lowest BCUT2D eigenvalue weighted by atomic mass is 10.0. The number of para-hydroxylation sites is 1. The molecule has 2 aliphatic heterocycles. The molecule has 152 valence electrons. The minimum absolute atomic E-state index is 0.0284. The predicted octanol–water partition coefficient (Wildman–Crippen LogP) is 1.50. The van der Waals surface area contributed by atoms with Gasteiger partial charge in [0.05, 0.1) is 19.6 Å². The first-order valence-corrected chi connectivity index (χ1v) is 10.2. The van der Waals surface area contributed by atoms with Crippen molar-refractivity contribution in [2.75, 3.05) is 37.7 Å². The molecule has 28 heavy (non-hydrogen) atoms. The van der Waals surface area contributed by atoms with E-state index in [2.05, 4.69) is 11.4 Å². The van der Waals surface area contributed by atoms with Gasteiger partial charge in [0.1, 0.15) is 6.04 Å². The van der Waals surface area contributed by atoms with E-state index >= 15 is 0 Å². The Morgan fingerprint density at radius 1 is 1.25 bits per heavy atom. The molecule has 0 aromatic heterocycles. The zero-order chi connectivity index (χ0) is 19.9. The molecule has 0 aliphatic carbocycles. The van der Waals surface area contributed by atoms with Crippen LogP contribution < -0.4 is 10.2 Å². The number of amides is 2. The van der Waals surface area contributed by atoms with Crippen molar-refractivity contribution in [3.05, 3.63) is 29.8 Å². The van der Waals surface area contributed by atoms with Gasteiger partial charge in [-0.2, -0.15) is 0 Å². The van der Waals surface area contributed by atoms with E-state index in [9.17, 15) is 14.4 Å². The van der Waals surface area contributed by atoms with Crippen LogP contribution in [-0.2, 0) is 25.5 Å². The Labute approximate surface area is 166 Å². The highest BCUT2D eigenvalue weighted by molar-refractivity contribution is 5.96. The van der Waals surface area contributed by atoms with E-state index in [1.165, 1.54) is 5.56 Å². The second kappa shape index (κ2) is 9.68. The molecule has 1 saturated heterocycles. The van der Waals surface area contributed by atoms with Crippen molar-refractivity contribution >= 4 is 23.5 Å². The first-order chi connectivity index (χ1) is 13.6. The zero-order valence-electron chi connectivity index (χ0n) is 16.5. The normalized spacial score (nSPS) is 19.7. The summed E-state index contributed by atoms with van der Waals surface area (Å²) in [7, 11) is 0. The van der Waals surface area contributed by atoms with E-state index in [1.807, 2.05) is 30.0 Å². The molecule has 1 aromatic rings. The molecule has 2 amide bonds. The summed E-state index contributed by atoms with van der Waals surface area (Å²) in [5.74, 6) is -0.645. The van der Waals surface area contributed by atoms with Gasteiger partial charge in [0.15, 0.2) is 0 Å². The number of benzene rings is 1. The fraction of sp³-hybridized carbons (Fsp3) is 0.571. The maximum atomic E-state index is 13.0. The molecule has 0 radical (unpaired) electrons. The van der Waals surface area contributed by atoms with E-state index in [-0.39, 0.29) is 24.8 Å². The number of anilines is 1. The number of nitrogens with one attached hydrogen (secondary N) is 1. The fourth-order valence-corrected chi connectivity index (χ4v) is 3.77. The number of ether oxygens (including phenoxy) is 1. The molecule has 1 atom stereocenters. The second-order valence-corrected chi connectivity index (χ2v) is 7.33. The largest absolute Gasteiger partial charge is 0.466 e. The number of carbonyl (C=O) groups excluding carboxylic acids is 3. The van der Waals surface area contributed by atoms with Crippen molar-refractivity contribution in [2.24, 2.45) is 0 Å². The minimum atomic E-state index is -0.660. The number of carbonyl (C=O) groups is 3. The maximum absolute atomic E-state index is 13.0. The highest BCUT2D eigenvalue weighted by atomic mass is 16.5. The van der Waals surface area contributed by atoms with Crippen LogP contribution >= 0.6 is 0 Å². The van der Waals surface area contributed by atoms with E-state index in [0.29, 0.717) is 26.2 Å². The first kappa shape index (κ1) is 20.3. The van der Waals surface area contributed by atoms with Gasteiger partial charge in [0.2, 0.25) is 11.8 Å². The van der Waals surface area contributed by atoms with E-state index < -0.39 is 12.0 Å². The van der Waals surface area contributed by atoms with Crippen molar-refractivity contribution in [3.63, 3.8) is 0 Å². The highest BCUT2D eigenvalue weighted by Gasteiger charge is 2.34. The summed E-state index contributed by atoms with van der Waals surface area (Å²) in [6.07, 6.45) is 3.61. The summed E-state index contributed by atoms with van der Waals surface area (Å²) in [6.45, 7) is 4.21. The minimum Gasteiger partial charge on any atom is -0.466 e. The summed E-state index contributed by atoms with van der Waals surface area (Å²) >= 11 is 0. The number of unbranched alkanes of at least 4 members (excludes halogenated alkanes) is 1. The summed E-state index contributed by atoms with van der Waals surface area (Å²) in [5, 5.41) is 2.79. The summed E-state index contributed by atoms with van der Waals surface area (Å²) in [5.41, 5.74) is 2.13. The van der Waals surface area contributed by atoms with E-state index in [0.717, 1.165) is 31.4 Å². The number of hydrogen-bond acceptors (Lipinski definition) is 5. The topological polar surface area (TPSA) is 79.0 Å². The van der Waals surface area contributed by atoms with Gasteiger partial charge in [0.25, 0.3) is 0 Å². The second-order valence-electron chi connectivity index (χ2n) is 7.33. The van der Waals surface area contributed by atoms with Gasteiger partial charge in [-0.25, -0.2) is 0 Å². The van der Waals surface area contributed by atoms with Gasteiger partial charge in [0, 0.05) is 25.3 Å². The molecule has 2 aliphatic rings. The summed E-state index contributed by atoms with van der Waals surface area (Å²) in [6, 6.07) is 7.29. The first-order valence-electron chi connectivity index (χ1n) is 10.2. The molecule has 1 fully saturated rings. The zero-order valence-corrected chi connectivity index (χ0v) is 16.5. The lowest BCUT2D eigenvalue weighted by molar-refractivity contribution is -0.149. The lowest BCUT2D eigenvalue weighted by Crippen LogP contribution is -2.58. The molecule has 3 rings (SSSR count). The predicted molar refractivity (Wildman–Crippen MR) is 106 cm³/mol. The van der Waals surface area contributed by atoms with Crippen molar-refractivity contribution < 1.29 is 19.1 Å². The van der Waals surface area contributed by atoms with Gasteiger partial charge in [-0.1, -0.05) is 31.5 Å². The third-order valence-electron chi connectivity index (χ3n) is 5.31. The average Bonchev–Trinajstić information content (AvgIpc) is 2.70. The van der Waals surface area contributed by atoms with Crippen LogP contribution in [0.5, 0.6) is 0 Å². The third kappa shape index (κ3) is 4.90. The third-order valence-corrected chi connectivity index (χ3v) is 5.31. The monoisotopic (exact) mass is 387 g/mol. The van der Waals surface area contributed by atoms with Crippen LogP contribution in [0.4, 0.5) is 5.69 Å². The standard InChI is InChI=1S/C21H29N3O4/c1-2-3-13-28-20(26)14-18-21(27)22-10-12-23(18)15-19(25)24-11-6-8-16-7-4-5-9-17(16)24/h4-5,7,9,18H,2-3,6,8,10-15H2,1H3,(H,22,27).